The molecule has 1 saturated heterocycles. The molecule has 1 aromatic carbocycles. The van der Waals surface area contributed by atoms with Crippen LogP contribution in [-0.4, -0.2) is 68.0 Å². The first kappa shape index (κ1) is 26.3. The third-order valence-corrected chi connectivity index (χ3v) is 5.36. The summed E-state index contributed by atoms with van der Waals surface area (Å²) in [5.74, 6) is 0.969. The van der Waals surface area contributed by atoms with Crippen LogP contribution in [0, 0.1) is 0 Å². The van der Waals surface area contributed by atoms with E-state index in [0.717, 1.165) is 57.0 Å². The molecule has 9 heteroatoms. The van der Waals surface area contributed by atoms with Gasteiger partial charge in [-0.05, 0) is 50.4 Å². The maximum atomic E-state index is 12.3. The molecule has 164 valence electrons. The number of halogens is 3. The Balaban J connectivity index is 0.00000420. The van der Waals surface area contributed by atoms with Crippen molar-refractivity contribution in [1.82, 2.24) is 20.4 Å². The Labute approximate surface area is 201 Å². The van der Waals surface area contributed by atoms with Crippen LogP contribution in [0.4, 0.5) is 0 Å². The van der Waals surface area contributed by atoms with Crippen LogP contribution in [0.15, 0.2) is 23.2 Å². The molecule has 0 spiro atoms. The number of hydrogen-bond donors (Lipinski definition) is 2. The Morgan fingerprint density at radius 2 is 2.07 bits per heavy atom. The van der Waals surface area contributed by atoms with Crippen LogP contribution < -0.4 is 10.6 Å². The lowest BCUT2D eigenvalue weighted by atomic mass is 10.2. The summed E-state index contributed by atoms with van der Waals surface area (Å²) in [7, 11) is 3.65. The number of likely N-dealkylation sites (tertiary alicyclic amines) is 1. The predicted molar refractivity (Wildman–Crippen MR) is 133 cm³/mol. The molecule has 0 bridgehead atoms. The quantitative estimate of drug-likeness (QED) is 0.223. The zero-order chi connectivity index (χ0) is 20.5. The Morgan fingerprint density at radius 1 is 1.31 bits per heavy atom. The Kier molecular flexibility index (Phi) is 12.2. The van der Waals surface area contributed by atoms with E-state index in [2.05, 4.69) is 20.5 Å². The van der Waals surface area contributed by atoms with Gasteiger partial charge in [-0.3, -0.25) is 9.69 Å². The summed E-state index contributed by atoms with van der Waals surface area (Å²) in [6.07, 6.45) is 2.99. The lowest BCUT2D eigenvalue weighted by Gasteiger charge is -2.26. The van der Waals surface area contributed by atoms with Crippen molar-refractivity contribution in [3.8, 4) is 0 Å². The maximum absolute atomic E-state index is 12.3. The molecule has 2 N–H and O–H groups in total. The number of carbonyl (C=O) groups excluding carboxylic acids is 1. The molecule has 0 saturated carbocycles. The Hall–Kier alpha value is -0.770. The van der Waals surface area contributed by atoms with E-state index in [9.17, 15) is 4.79 Å². The van der Waals surface area contributed by atoms with Crippen LogP contribution in [0.25, 0.3) is 0 Å². The van der Waals surface area contributed by atoms with Gasteiger partial charge in [0.15, 0.2) is 5.96 Å². The van der Waals surface area contributed by atoms with Gasteiger partial charge in [-0.2, -0.15) is 0 Å². The van der Waals surface area contributed by atoms with Crippen molar-refractivity contribution >= 4 is 59.0 Å². The van der Waals surface area contributed by atoms with Crippen molar-refractivity contribution in [3.05, 3.63) is 33.8 Å². The van der Waals surface area contributed by atoms with Crippen molar-refractivity contribution < 1.29 is 4.79 Å². The number of nitrogens with one attached hydrogen (secondary N) is 2. The monoisotopic (exact) mass is 555 g/mol. The minimum atomic E-state index is 0. The van der Waals surface area contributed by atoms with E-state index in [1.807, 2.05) is 33.2 Å². The van der Waals surface area contributed by atoms with E-state index in [1.54, 1.807) is 11.0 Å². The third kappa shape index (κ3) is 8.47. The van der Waals surface area contributed by atoms with Gasteiger partial charge in [0.1, 0.15) is 0 Å². The summed E-state index contributed by atoms with van der Waals surface area (Å²) >= 11 is 12.2. The third-order valence-electron chi connectivity index (χ3n) is 4.77. The first-order chi connectivity index (χ1) is 13.4. The summed E-state index contributed by atoms with van der Waals surface area (Å²) in [5.41, 5.74) is 0.936. The maximum Gasteiger partial charge on any atom is 0.239 e. The van der Waals surface area contributed by atoms with Crippen LogP contribution in [-0.2, 0) is 11.3 Å². The van der Waals surface area contributed by atoms with Crippen LogP contribution in [0.1, 0.15) is 31.7 Å². The lowest BCUT2D eigenvalue weighted by Crippen LogP contribution is -2.44. The average Bonchev–Trinajstić information content (AvgIpc) is 3.11. The largest absolute Gasteiger partial charge is 0.357 e. The van der Waals surface area contributed by atoms with Gasteiger partial charge in [-0.15, -0.1) is 24.0 Å². The molecule has 1 amide bonds. The molecular weight excluding hydrogens is 524 g/mol. The minimum absolute atomic E-state index is 0. The first-order valence-corrected chi connectivity index (χ1v) is 10.6. The zero-order valence-corrected chi connectivity index (χ0v) is 21.2. The van der Waals surface area contributed by atoms with Crippen LogP contribution >= 0.6 is 47.2 Å². The van der Waals surface area contributed by atoms with E-state index in [4.69, 9.17) is 23.2 Å². The number of likely N-dealkylation sites (N-methyl/N-ethyl adjacent to an activating group) is 1. The van der Waals surface area contributed by atoms with E-state index < -0.39 is 0 Å². The van der Waals surface area contributed by atoms with Gasteiger partial charge < -0.3 is 15.5 Å². The van der Waals surface area contributed by atoms with Gasteiger partial charge in [-0.25, -0.2) is 4.99 Å². The highest BCUT2D eigenvalue weighted by Gasteiger charge is 2.30. The second-order valence-electron chi connectivity index (χ2n) is 7.14. The molecule has 1 atom stereocenters. The fourth-order valence-corrected chi connectivity index (χ4v) is 3.78. The van der Waals surface area contributed by atoms with Crippen LogP contribution in [0.3, 0.4) is 0 Å². The molecule has 0 aliphatic carbocycles. The molecule has 29 heavy (non-hydrogen) atoms. The SMILES string of the molecule is CCNC(=NCc1ccc(Cl)cc1Cl)NCCCN1CCCC1C(=O)N(C)C.I. The highest BCUT2D eigenvalue weighted by atomic mass is 127. The van der Waals surface area contributed by atoms with Crippen molar-refractivity contribution in [2.24, 2.45) is 4.99 Å². The summed E-state index contributed by atoms with van der Waals surface area (Å²) in [6, 6.07) is 5.48. The van der Waals surface area contributed by atoms with Gasteiger partial charge >= 0.3 is 0 Å². The molecule has 1 heterocycles. The van der Waals surface area contributed by atoms with Gasteiger partial charge in [0, 0.05) is 43.8 Å². The second kappa shape index (κ2) is 13.5. The molecule has 1 aromatic rings. The van der Waals surface area contributed by atoms with Crippen molar-refractivity contribution in [2.45, 2.75) is 38.8 Å². The van der Waals surface area contributed by atoms with E-state index in [1.165, 1.54) is 0 Å². The number of aliphatic imine (C=N–C) groups is 1. The fraction of sp³-hybridized carbons (Fsp3) is 0.600. The van der Waals surface area contributed by atoms with Crippen LogP contribution in [0.5, 0.6) is 0 Å². The first-order valence-electron chi connectivity index (χ1n) is 9.83. The van der Waals surface area contributed by atoms with Crippen molar-refractivity contribution in [3.63, 3.8) is 0 Å². The standard InChI is InChI=1S/C20H31Cl2N5O.HI/c1-4-23-20(25-14-15-8-9-16(21)13-17(15)22)24-10-6-12-27-11-5-7-18(27)19(28)26(2)3;/h8-9,13,18H,4-7,10-12,14H2,1-3H3,(H2,23,24,25);1H. The normalized spacial score (nSPS) is 17.0. The number of amides is 1. The number of nitrogens with zero attached hydrogens (tertiary/aromatic N) is 3. The van der Waals surface area contributed by atoms with Crippen molar-refractivity contribution in [2.75, 3.05) is 40.3 Å². The van der Waals surface area contributed by atoms with Gasteiger partial charge in [0.2, 0.25) is 5.91 Å². The summed E-state index contributed by atoms with van der Waals surface area (Å²) in [4.78, 5) is 20.9. The molecule has 2 rings (SSSR count). The second-order valence-corrected chi connectivity index (χ2v) is 7.98. The zero-order valence-electron chi connectivity index (χ0n) is 17.4. The Bertz CT molecular complexity index is 687. The number of rotatable bonds is 8. The number of carbonyl (C=O) groups is 1. The van der Waals surface area contributed by atoms with E-state index >= 15 is 0 Å². The topological polar surface area (TPSA) is 60.0 Å². The number of benzene rings is 1. The molecule has 1 fully saturated rings. The summed E-state index contributed by atoms with van der Waals surface area (Å²) in [6.45, 7) is 5.99. The number of hydrogen-bond acceptors (Lipinski definition) is 3. The van der Waals surface area contributed by atoms with Crippen LogP contribution in [0.2, 0.25) is 10.0 Å². The highest BCUT2D eigenvalue weighted by molar-refractivity contribution is 14.0. The highest BCUT2D eigenvalue weighted by Crippen LogP contribution is 2.21. The van der Waals surface area contributed by atoms with E-state index in [0.29, 0.717) is 16.6 Å². The minimum Gasteiger partial charge on any atom is -0.357 e. The molecule has 1 aliphatic heterocycles. The Morgan fingerprint density at radius 3 is 2.72 bits per heavy atom. The van der Waals surface area contributed by atoms with Crippen molar-refractivity contribution in [1.29, 1.82) is 0 Å². The number of guanidine groups is 1. The van der Waals surface area contributed by atoms with E-state index in [-0.39, 0.29) is 35.9 Å². The molecule has 6 nitrogen and oxygen atoms in total. The lowest BCUT2D eigenvalue weighted by molar-refractivity contribution is -0.133. The average molecular weight is 556 g/mol. The van der Waals surface area contributed by atoms with Gasteiger partial charge in [0.05, 0.1) is 12.6 Å². The molecule has 0 radical (unpaired) electrons. The summed E-state index contributed by atoms with van der Waals surface area (Å²) < 4.78 is 0. The fourth-order valence-electron chi connectivity index (χ4n) is 3.32. The predicted octanol–water partition coefficient (Wildman–Crippen LogP) is 3.61. The molecule has 1 aliphatic rings. The van der Waals surface area contributed by atoms with Gasteiger partial charge in [-0.1, -0.05) is 29.3 Å². The summed E-state index contributed by atoms with van der Waals surface area (Å²) in [5, 5.41) is 7.85. The van der Waals surface area contributed by atoms with Gasteiger partial charge in [0.25, 0.3) is 0 Å². The molecular formula is C20H32Cl2IN5O. The molecule has 0 aromatic heterocycles. The smallest absolute Gasteiger partial charge is 0.239 e. The molecule has 1 unspecified atom stereocenters.